The summed E-state index contributed by atoms with van der Waals surface area (Å²) in [6.45, 7) is 7.61. The van der Waals surface area contributed by atoms with E-state index in [2.05, 4.69) is 38.8 Å². The second-order valence-corrected chi connectivity index (χ2v) is 2.54. The van der Waals surface area contributed by atoms with Crippen molar-refractivity contribution in [3.63, 3.8) is 0 Å². The van der Waals surface area contributed by atoms with E-state index in [-0.39, 0.29) is 0 Å². The van der Waals surface area contributed by atoms with Crippen molar-refractivity contribution >= 4 is 0 Å². The Morgan fingerprint density at radius 3 is 2.30 bits per heavy atom. The van der Waals surface area contributed by atoms with E-state index in [0.717, 1.165) is 6.54 Å². The van der Waals surface area contributed by atoms with E-state index in [1.807, 2.05) is 0 Å². The second-order valence-electron chi connectivity index (χ2n) is 2.54. The molecular weight excluding hydrogens is 122 g/mol. The van der Waals surface area contributed by atoms with Gasteiger partial charge in [-0.15, -0.1) is 0 Å². The lowest BCUT2D eigenvalue weighted by molar-refractivity contribution is 0.421. The minimum Gasteiger partial charge on any atom is -0.378 e. The minimum atomic E-state index is 1.11. The molecular formula is C9H19N. The standard InChI is InChI=1S/C9H19N/c1-5-8-9(6-2)10(4)7-3/h6H,5,7-8H2,1-4H3. The zero-order chi connectivity index (χ0) is 7.98. The van der Waals surface area contributed by atoms with E-state index in [1.165, 1.54) is 18.5 Å². The molecule has 10 heavy (non-hydrogen) atoms. The van der Waals surface area contributed by atoms with Crippen molar-refractivity contribution in [2.45, 2.75) is 33.6 Å². The SMILES string of the molecule is CC=C(CCC)N(C)CC. The molecule has 0 radical (unpaired) electrons. The molecule has 0 saturated heterocycles. The van der Waals surface area contributed by atoms with Gasteiger partial charge < -0.3 is 4.90 Å². The average molecular weight is 141 g/mol. The molecule has 0 aliphatic heterocycles. The Hall–Kier alpha value is -0.460. The van der Waals surface area contributed by atoms with Crippen LogP contribution >= 0.6 is 0 Å². The Bertz CT molecular complexity index is 105. The van der Waals surface area contributed by atoms with E-state index in [9.17, 15) is 0 Å². The molecule has 0 aromatic rings. The maximum atomic E-state index is 2.30. The van der Waals surface area contributed by atoms with Crippen molar-refractivity contribution in [2.24, 2.45) is 0 Å². The highest BCUT2D eigenvalue weighted by Crippen LogP contribution is 2.07. The third-order valence-corrected chi connectivity index (χ3v) is 1.80. The van der Waals surface area contributed by atoms with Gasteiger partial charge in [-0.3, -0.25) is 0 Å². The van der Waals surface area contributed by atoms with E-state index in [0.29, 0.717) is 0 Å². The Labute approximate surface area is 64.7 Å². The summed E-state index contributed by atoms with van der Waals surface area (Å²) in [5.41, 5.74) is 1.46. The van der Waals surface area contributed by atoms with Crippen molar-refractivity contribution < 1.29 is 0 Å². The highest BCUT2D eigenvalue weighted by atomic mass is 15.1. The average Bonchev–Trinajstić information content (AvgIpc) is 1.99. The molecule has 0 aliphatic carbocycles. The highest BCUT2D eigenvalue weighted by Gasteiger charge is 1.97. The summed E-state index contributed by atoms with van der Waals surface area (Å²) in [5, 5.41) is 0. The first kappa shape index (κ1) is 9.54. The minimum absolute atomic E-state index is 1.11. The molecule has 0 spiro atoms. The van der Waals surface area contributed by atoms with Gasteiger partial charge in [0.1, 0.15) is 0 Å². The summed E-state index contributed by atoms with van der Waals surface area (Å²) in [6, 6.07) is 0. The Balaban J connectivity index is 3.82. The van der Waals surface area contributed by atoms with E-state index < -0.39 is 0 Å². The van der Waals surface area contributed by atoms with Gasteiger partial charge in [-0.1, -0.05) is 19.4 Å². The van der Waals surface area contributed by atoms with Crippen LogP contribution in [0.5, 0.6) is 0 Å². The van der Waals surface area contributed by atoms with Gasteiger partial charge in [0.15, 0.2) is 0 Å². The third kappa shape index (κ3) is 2.90. The lowest BCUT2D eigenvalue weighted by atomic mass is 10.2. The number of nitrogens with zero attached hydrogens (tertiary/aromatic N) is 1. The fourth-order valence-electron chi connectivity index (χ4n) is 1.01. The van der Waals surface area contributed by atoms with Crippen molar-refractivity contribution in [1.29, 1.82) is 0 Å². The monoisotopic (exact) mass is 141 g/mol. The molecule has 1 nitrogen and oxygen atoms in total. The van der Waals surface area contributed by atoms with Crippen LogP contribution in [0.25, 0.3) is 0 Å². The third-order valence-electron chi connectivity index (χ3n) is 1.80. The predicted octanol–water partition coefficient (Wildman–Crippen LogP) is 2.64. The molecule has 0 amide bonds. The molecule has 0 fully saturated rings. The first-order valence-corrected chi connectivity index (χ1v) is 4.12. The van der Waals surface area contributed by atoms with E-state index in [4.69, 9.17) is 0 Å². The zero-order valence-corrected chi connectivity index (χ0v) is 7.65. The van der Waals surface area contributed by atoms with E-state index in [1.54, 1.807) is 0 Å². The van der Waals surface area contributed by atoms with Crippen LogP contribution < -0.4 is 0 Å². The summed E-state index contributed by atoms with van der Waals surface area (Å²) < 4.78 is 0. The molecule has 1 heteroatoms. The first-order valence-electron chi connectivity index (χ1n) is 4.12. The maximum absolute atomic E-state index is 2.30. The summed E-state index contributed by atoms with van der Waals surface area (Å²) in [7, 11) is 2.14. The van der Waals surface area contributed by atoms with Crippen molar-refractivity contribution in [3.05, 3.63) is 11.8 Å². The lowest BCUT2D eigenvalue weighted by Crippen LogP contribution is -2.16. The Morgan fingerprint density at radius 1 is 1.40 bits per heavy atom. The van der Waals surface area contributed by atoms with Crippen LogP contribution in [-0.2, 0) is 0 Å². The van der Waals surface area contributed by atoms with Crippen LogP contribution in [0.4, 0.5) is 0 Å². The Morgan fingerprint density at radius 2 is 2.00 bits per heavy atom. The molecule has 0 bridgehead atoms. The van der Waals surface area contributed by atoms with Crippen LogP contribution in [0.1, 0.15) is 33.6 Å². The van der Waals surface area contributed by atoms with Crippen molar-refractivity contribution in [1.82, 2.24) is 4.90 Å². The quantitative estimate of drug-likeness (QED) is 0.581. The van der Waals surface area contributed by atoms with Crippen molar-refractivity contribution in [2.75, 3.05) is 13.6 Å². The molecule has 0 unspecified atom stereocenters. The van der Waals surface area contributed by atoms with Gasteiger partial charge in [0.05, 0.1) is 0 Å². The summed E-state index contributed by atoms with van der Waals surface area (Å²) >= 11 is 0. The van der Waals surface area contributed by atoms with Crippen molar-refractivity contribution in [3.8, 4) is 0 Å². The lowest BCUT2D eigenvalue weighted by Gasteiger charge is -2.19. The molecule has 60 valence electrons. The molecule has 0 saturated carbocycles. The number of hydrogen-bond acceptors (Lipinski definition) is 1. The van der Waals surface area contributed by atoms with Crippen LogP contribution in [0.3, 0.4) is 0 Å². The van der Waals surface area contributed by atoms with Crippen LogP contribution in [0.15, 0.2) is 11.8 Å². The summed E-state index contributed by atoms with van der Waals surface area (Å²) in [5.74, 6) is 0. The Kier molecular flexibility index (Phi) is 5.09. The fraction of sp³-hybridized carbons (Fsp3) is 0.778. The van der Waals surface area contributed by atoms with Crippen LogP contribution in [-0.4, -0.2) is 18.5 Å². The van der Waals surface area contributed by atoms with Gasteiger partial charge in [-0.2, -0.15) is 0 Å². The van der Waals surface area contributed by atoms with Gasteiger partial charge >= 0.3 is 0 Å². The van der Waals surface area contributed by atoms with Gasteiger partial charge in [-0.25, -0.2) is 0 Å². The molecule has 0 heterocycles. The van der Waals surface area contributed by atoms with Crippen LogP contribution in [0, 0.1) is 0 Å². The smallest absolute Gasteiger partial charge is 0.0143 e. The highest BCUT2D eigenvalue weighted by molar-refractivity contribution is 4.97. The van der Waals surface area contributed by atoms with Gasteiger partial charge in [-0.05, 0) is 20.3 Å². The largest absolute Gasteiger partial charge is 0.378 e. The normalized spacial score (nSPS) is 11.8. The number of allylic oxidation sites excluding steroid dienone is 2. The predicted molar refractivity (Wildman–Crippen MR) is 47.0 cm³/mol. The molecule has 0 rings (SSSR count). The first-order chi connectivity index (χ1) is 4.76. The molecule has 0 aromatic carbocycles. The summed E-state index contributed by atoms with van der Waals surface area (Å²) in [4.78, 5) is 2.30. The van der Waals surface area contributed by atoms with Gasteiger partial charge in [0, 0.05) is 19.3 Å². The fourth-order valence-corrected chi connectivity index (χ4v) is 1.01. The van der Waals surface area contributed by atoms with E-state index >= 15 is 0 Å². The second kappa shape index (κ2) is 5.33. The van der Waals surface area contributed by atoms with Gasteiger partial charge in [0.2, 0.25) is 0 Å². The molecule has 0 aliphatic rings. The molecule has 0 N–H and O–H groups in total. The number of rotatable bonds is 4. The molecule has 0 atom stereocenters. The number of hydrogen-bond donors (Lipinski definition) is 0. The topological polar surface area (TPSA) is 3.24 Å². The van der Waals surface area contributed by atoms with Crippen LogP contribution in [0.2, 0.25) is 0 Å². The summed E-state index contributed by atoms with van der Waals surface area (Å²) in [6.07, 6.45) is 4.65. The maximum Gasteiger partial charge on any atom is 0.0143 e. The zero-order valence-electron chi connectivity index (χ0n) is 7.65. The van der Waals surface area contributed by atoms with Gasteiger partial charge in [0.25, 0.3) is 0 Å². The molecule has 0 aromatic heterocycles.